The molecule has 0 N–H and O–H groups in total. The molecule has 1 aliphatic carbocycles. The fourth-order valence-corrected chi connectivity index (χ4v) is 3.25. The Balaban J connectivity index is 1.73. The van der Waals surface area contributed by atoms with Crippen molar-refractivity contribution in [3.8, 4) is 22.9 Å². The maximum atomic E-state index is 9.04. The number of rotatable bonds is 6. The van der Waals surface area contributed by atoms with Gasteiger partial charge >= 0.3 is 0 Å². The minimum atomic E-state index is 0.749. The summed E-state index contributed by atoms with van der Waals surface area (Å²) >= 11 is 0. The second kappa shape index (κ2) is 7.33. The monoisotopic (exact) mass is 305 g/mol. The molecule has 0 amide bonds. The van der Waals surface area contributed by atoms with Gasteiger partial charge in [-0.05, 0) is 65.8 Å². The third-order valence-corrected chi connectivity index (χ3v) is 4.53. The van der Waals surface area contributed by atoms with Crippen LogP contribution < -0.4 is 4.74 Å². The second-order valence-corrected chi connectivity index (χ2v) is 6.21. The summed E-state index contributed by atoms with van der Waals surface area (Å²) in [6.45, 7) is 3.03. The molecule has 118 valence electrons. The molecule has 2 heteroatoms. The minimum absolute atomic E-state index is 0.749. The number of fused-ring (bicyclic) bond motifs is 3. The quantitative estimate of drug-likeness (QED) is 0.680. The lowest BCUT2D eigenvalue weighted by Gasteiger charge is -2.21. The number of benzene rings is 2. The predicted octanol–water partition coefficient (Wildman–Crippen LogP) is 5.28. The van der Waals surface area contributed by atoms with Crippen LogP contribution in [-0.4, -0.2) is 6.61 Å². The van der Waals surface area contributed by atoms with Crippen LogP contribution in [0, 0.1) is 11.3 Å². The fourth-order valence-electron chi connectivity index (χ4n) is 3.25. The van der Waals surface area contributed by atoms with E-state index in [0.717, 1.165) is 37.2 Å². The van der Waals surface area contributed by atoms with Crippen LogP contribution in [0.3, 0.4) is 0 Å². The van der Waals surface area contributed by atoms with E-state index >= 15 is 0 Å². The molecule has 2 aromatic carbocycles. The lowest BCUT2D eigenvalue weighted by atomic mass is 9.85. The highest BCUT2D eigenvalue weighted by atomic mass is 16.5. The van der Waals surface area contributed by atoms with Crippen molar-refractivity contribution < 1.29 is 4.74 Å². The standard InChI is InChI=1S/C21H23NO/c1-2-3-4-5-12-23-19-9-11-21-18(14-19)8-7-17-13-16(15-22)6-10-20(17)21/h6,9-11,13-14H,2-5,7-8,12H2,1H3. The van der Waals surface area contributed by atoms with Crippen LogP contribution in [0.5, 0.6) is 5.75 Å². The van der Waals surface area contributed by atoms with Crippen LogP contribution in [0.25, 0.3) is 11.1 Å². The van der Waals surface area contributed by atoms with Gasteiger partial charge in [-0.15, -0.1) is 0 Å². The van der Waals surface area contributed by atoms with Gasteiger partial charge in [0.1, 0.15) is 5.75 Å². The van der Waals surface area contributed by atoms with Crippen molar-refractivity contribution in [3.05, 3.63) is 53.1 Å². The van der Waals surface area contributed by atoms with Gasteiger partial charge in [-0.1, -0.05) is 38.3 Å². The lowest BCUT2D eigenvalue weighted by Crippen LogP contribution is -2.05. The molecule has 2 aromatic rings. The van der Waals surface area contributed by atoms with E-state index < -0.39 is 0 Å². The van der Waals surface area contributed by atoms with Gasteiger partial charge in [0.15, 0.2) is 0 Å². The first-order valence-corrected chi connectivity index (χ1v) is 8.61. The Morgan fingerprint density at radius 2 is 1.70 bits per heavy atom. The van der Waals surface area contributed by atoms with Crippen molar-refractivity contribution in [2.75, 3.05) is 6.61 Å². The molecule has 2 nitrogen and oxygen atoms in total. The van der Waals surface area contributed by atoms with Gasteiger partial charge in [0.2, 0.25) is 0 Å². The van der Waals surface area contributed by atoms with Crippen LogP contribution in [0.4, 0.5) is 0 Å². The Bertz CT molecular complexity index is 727. The first-order valence-electron chi connectivity index (χ1n) is 8.61. The van der Waals surface area contributed by atoms with Crippen molar-refractivity contribution in [1.82, 2.24) is 0 Å². The van der Waals surface area contributed by atoms with Crippen molar-refractivity contribution >= 4 is 0 Å². The Hall–Kier alpha value is -2.27. The molecule has 0 atom stereocenters. The molecular formula is C21H23NO. The zero-order chi connectivity index (χ0) is 16.1. The molecule has 0 saturated carbocycles. The van der Waals surface area contributed by atoms with E-state index in [0.29, 0.717) is 0 Å². The van der Waals surface area contributed by atoms with Crippen LogP contribution in [0.2, 0.25) is 0 Å². The highest BCUT2D eigenvalue weighted by Crippen LogP contribution is 2.35. The Kier molecular flexibility index (Phi) is 4.98. The topological polar surface area (TPSA) is 33.0 Å². The van der Waals surface area contributed by atoms with E-state index in [1.807, 2.05) is 12.1 Å². The van der Waals surface area contributed by atoms with E-state index in [2.05, 4.69) is 37.3 Å². The van der Waals surface area contributed by atoms with Crippen molar-refractivity contribution in [2.24, 2.45) is 0 Å². The van der Waals surface area contributed by atoms with E-state index in [9.17, 15) is 0 Å². The van der Waals surface area contributed by atoms with Crippen molar-refractivity contribution in [2.45, 2.75) is 45.4 Å². The molecule has 0 saturated heterocycles. The average Bonchev–Trinajstić information content (AvgIpc) is 2.60. The summed E-state index contributed by atoms with van der Waals surface area (Å²) in [6.07, 6.45) is 6.93. The Morgan fingerprint density at radius 1 is 0.957 bits per heavy atom. The number of ether oxygens (including phenoxy) is 1. The maximum Gasteiger partial charge on any atom is 0.119 e. The molecule has 23 heavy (non-hydrogen) atoms. The van der Waals surface area contributed by atoms with Crippen LogP contribution >= 0.6 is 0 Å². The molecule has 0 radical (unpaired) electrons. The molecule has 0 unspecified atom stereocenters. The highest BCUT2D eigenvalue weighted by Gasteiger charge is 2.17. The largest absolute Gasteiger partial charge is 0.494 e. The van der Waals surface area contributed by atoms with E-state index in [1.165, 1.54) is 41.5 Å². The van der Waals surface area contributed by atoms with Crippen molar-refractivity contribution in [3.63, 3.8) is 0 Å². The normalized spacial score (nSPS) is 12.2. The van der Waals surface area contributed by atoms with Gasteiger partial charge in [-0.25, -0.2) is 0 Å². The third kappa shape index (κ3) is 3.56. The van der Waals surface area contributed by atoms with Gasteiger partial charge in [-0.2, -0.15) is 5.26 Å². The van der Waals surface area contributed by atoms with Crippen LogP contribution in [0.15, 0.2) is 36.4 Å². The average molecular weight is 305 g/mol. The van der Waals surface area contributed by atoms with Crippen LogP contribution in [-0.2, 0) is 12.8 Å². The predicted molar refractivity (Wildman–Crippen MR) is 93.6 cm³/mol. The minimum Gasteiger partial charge on any atom is -0.494 e. The fraction of sp³-hybridized carbons (Fsp3) is 0.381. The van der Waals surface area contributed by atoms with Gasteiger partial charge in [-0.3, -0.25) is 0 Å². The number of unbranched alkanes of at least 4 members (excludes halogenated alkanes) is 3. The summed E-state index contributed by atoms with van der Waals surface area (Å²) in [7, 11) is 0. The van der Waals surface area contributed by atoms with Crippen LogP contribution in [0.1, 0.15) is 49.3 Å². The summed E-state index contributed by atoms with van der Waals surface area (Å²) < 4.78 is 5.90. The van der Waals surface area contributed by atoms with Gasteiger partial charge in [0.25, 0.3) is 0 Å². The molecule has 0 bridgehead atoms. The van der Waals surface area contributed by atoms with E-state index in [-0.39, 0.29) is 0 Å². The molecule has 0 aliphatic heterocycles. The number of aryl methyl sites for hydroxylation is 2. The first kappa shape index (κ1) is 15.6. The number of nitrogens with zero attached hydrogens (tertiary/aromatic N) is 1. The lowest BCUT2D eigenvalue weighted by molar-refractivity contribution is 0.305. The Morgan fingerprint density at radius 3 is 2.43 bits per heavy atom. The highest BCUT2D eigenvalue weighted by molar-refractivity contribution is 5.74. The summed E-state index contributed by atoms with van der Waals surface area (Å²) in [5, 5.41) is 9.04. The summed E-state index contributed by atoms with van der Waals surface area (Å²) in [4.78, 5) is 0. The molecule has 0 spiro atoms. The zero-order valence-electron chi connectivity index (χ0n) is 13.8. The smallest absolute Gasteiger partial charge is 0.119 e. The molecule has 0 fully saturated rings. The molecule has 1 aliphatic rings. The molecular weight excluding hydrogens is 282 g/mol. The summed E-state index contributed by atoms with van der Waals surface area (Å²) in [6, 6.07) is 14.7. The summed E-state index contributed by atoms with van der Waals surface area (Å²) in [5.74, 6) is 0.984. The first-order chi connectivity index (χ1) is 11.3. The number of hydrogen-bond acceptors (Lipinski definition) is 2. The molecule has 0 heterocycles. The van der Waals surface area contributed by atoms with Gasteiger partial charge in [0, 0.05) is 0 Å². The number of hydrogen-bond donors (Lipinski definition) is 0. The van der Waals surface area contributed by atoms with Crippen molar-refractivity contribution in [1.29, 1.82) is 5.26 Å². The third-order valence-electron chi connectivity index (χ3n) is 4.53. The zero-order valence-corrected chi connectivity index (χ0v) is 13.8. The molecule has 0 aromatic heterocycles. The van der Waals surface area contributed by atoms with E-state index in [4.69, 9.17) is 10.00 Å². The Labute approximate surface area is 138 Å². The number of nitriles is 1. The van der Waals surface area contributed by atoms with E-state index in [1.54, 1.807) is 0 Å². The SMILES string of the molecule is CCCCCCOc1ccc2c(c1)CCc1cc(C#N)ccc1-2. The molecule has 3 rings (SSSR count). The second-order valence-electron chi connectivity index (χ2n) is 6.21. The van der Waals surface area contributed by atoms with Gasteiger partial charge in [0.05, 0.1) is 18.2 Å². The summed E-state index contributed by atoms with van der Waals surface area (Å²) in [5.41, 5.74) is 5.94. The van der Waals surface area contributed by atoms with Gasteiger partial charge < -0.3 is 4.74 Å². The maximum absolute atomic E-state index is 9.04.